The zero-order chi connectivity index (χ0) is 12.3. The lowest BCUT2D eigenvalue weighted by molar-refractivity contribution is 0.0600. The highest BCUT2D eigenvalue weighted by atomic mass is 15.1. The second kappa shape index (κ2) is 5.37. The molecule has 1 unspecified atom stereocenters. The van der Waals surface area contributed by atoms with Crippen LogP contribution in [0.2, 0.25) is 0 Å². The van der Waals surface area contributed by atoms with Gasteiger partial charge in [0.15, 0.2) is 0 Å². The van der Waals surface area contributed by atoms with Gasteiger partial charge in [-0.3, -0.25) is 9.88 Å². The Morgan fingerprint density at radius 2 is 2.06 bits per heavy atom. The van der Waals surface area contributed by atoms with Gasteiger partial charge in [0.2, 0.25) is 0 Å². The highest BCUT2D eigenvalue weighted by Crippen LogP contribution is 2.36. The summed E-state index contributed by atoms with van der Waals surface area (Å²) in [6, 6.07) is 4.28. The molecule has 3 heteroatoms. The molecular formula is C15H23N3. The van der Waals surface area contributed by atoms with Crippen LogP contribution in [0.4, 0.5) is 0 Å². The molecule has 0 bridgehead atoms. The standard InChI is InChI=1S/C15H23N3/c1-5-15(12-17-7-1)6-2-10-18(13-15)11-14-3-8-16-9-4-14/h3-4,8-9,17H,1-2,5-7,10-13H2. The first kappa shape index (κ1) is 12.1. The van der Waals surface area contributed by atoms with Crippen molar-refractivity contribution in [3.63, 3.8) is 0 Å². The van der Waals surface area contributed by atoms with E-state index in [-0.39, 0.29) is 0 Å². The molecule has 0 radical (unpaired) electrons. The molecule has 2 aliphatic rings. The number of hydrogen-bond donors (Lipinski definition) is 1. The van der Waals surface area contributed by atoms with E-state index in [1.54, 1.807) is 0 Å². The third-order valence-corrected chi connectivity index (χ3v) is 4.46. The van der Waals surface area contributed by atoms with Crippen LogP contribution in [0, 0.1) is 5.41 Å². The normalized spacial score (nSPS) is 29.6. The number of piperidine rings is 2. The number of nitrogens with zero attached hydrogens (tertiary/aromatic N) is 2. The van der Waals surface area contributed by atoms with Gasteiger partial charge in [-0.2, -0.15) is 0 Å². The van der Waals surface area contributed by atoms with Crippen LogP contribution < -0.4 is 5.32 Å². The minimum atomic E-state index is 0.559. The van der Waals surface area contributed by atoms with Crippen LogP contribution in [-0.4, -0.2) is 36.1 Å². The molecule has 1 N–H and O–H groups in total. The van der Waals surface area contributed by atoms with Crippen molar-refractivity contribution in [1.82, 2.24) is 15.2 Å². The van der Waals surface area contributed by atoms with Crippen molar-refractivity contribution in [2.45, 2.75) is 32.2 Å². The third-order valence-electron chi connectivity index (χ3n) is 4.46. The van der Waals surface area contributed by atoms with Gasteiger partial charge >= 0.3 is 0 Å². The van der Waals surface area contributed by atoms with Crippen LogP contribution >= 0.6 is 0 Å². The van der Waals surface area contributed by atoms with Gasteiger partial charge in [-0.25, -0.2) is 0 Å². The predicted molar refractivity (Wildman–Crippen MR) is 73.3 cm³/mol. The zero-order valence-corrected chi connectivity index (χ0v) is 11.1. The first-order valence-electron chi connectivity index (χ1n) is 7.18. The minimum Gasteiger partial charge on any atom is -0.316 e. The summed E-state index contributed by atoms with van der Waals surface area (Å²) < 4.78 is 0. The molecule has 1 aromatic rings. The zero-order valence-electron chi connectivity index (χ0n) is 11.1. The Balaban J connectivity index is 1.63. The first-order valence-corrected chi connectivity index (χ1v) is 7.18. The fourth-order valence-electron chi connectivity index (χ4n) is 3.57. The number of hydrogen-bond acceptors (Lipinski definition) is 3. The Labute approximate surface area is 110 Å². The molecule has 2 saturated heterocycles. The van der Waals surface area contributed by atoms with E-state index < -0.39 is 0 Å². The van der Waals surface area contributed by atoms with Crippen molar-refractivity contribution in [2.24, 2.45) is 5.41 Å². The van der Waals surface area contributed by atoms with E-state index in [1.165, 1.54) is 57.4 Å². The Morgan fingerprint density at radius 1 is 1.22 bits per heavy atom. The average Bonchev–Trinajstić information content (AvgIpc) is 2.41. The summed E-state index contributed by atoms with van der Waals surface area (Å²) in [7, 11) is 0. The molecule has 3 heterocycles. The van der Waals surface area contributed by atoms with Crippen molar-refractivity contribution in [3.05, 3.63) is 30.1 Å². The number of rotatable bonds is 2. The highest BCUT2D eigenvalue weighted by molar-refractivity contribution is 5.09. The second-order valence-electron chi connectivity index (χ2n) is 5.95. The summed E-state index contributed by atoms with van der Waals surface area (Å²) in [5.74, 6) is 0. The summed E-state index contributed by atoms with van der Waals surface area (Å²) in [5.41, 5.74) is 1.95. The lowest BCUT2D eigenvalue weighted by Gasteiger charge is -2.45. The van der Waals surface area contributed by atoms with E-state index >= 15 is 0 Å². The number of likely N-dealkylation sites (tertiary alicyclic amines) is 1. The van der Waals surface area contributed by atoms with Crippen molar-refractivity contribution in [2.75, 3.05) is 26.2 Å². The third kappa shape index (κ3) is 2.73. The molecule has 18 heavy (non-hydrogen) atoms. The summed E-state index contributed by atoms with van der Waals surface area (Å²) in [5, 5.41) is 3.59. The molecule has 3 rings (SSSR count). The van der Waals surface area contributed by atoms with Crippen LogP contribution in [0.3, 0.4) is 0 Å². The van der Waals surface area contributed by atoms with Crippen molar-refractivity contribution in [3.8, 4) is 0 Å². The molecule has 3 nitrogen and oxygen atoms in total. The SMILES string of the molecule is c1cc(CN2CCCC3(CCCNC3)C2)ccn1. The highest BCUT2D eigenvalue weighted by Gasteiger charge is 2.36. The van der Waals surface area contributed by atoms with E-state index in [1.807, 2.05) is 12.4 Å². The Bertz CT molecular complexity index is 365. The summed E-state index contributed by atoms with van der Waals surface area (Å²) in [6.45, 7) is 6.04. The molecule has 0 amide bonds. The van der Waals surface area contributed by atoms with Crippen LogP contribution in [0.5, 0.6) is 0 Å². The van der Waals surface area contributed by atoms with Gasteiger partial charge in [-0.05, 0) is 61.9 Å². The topological polar surface area (TPSA) is 28.2 Å². The predicted octanol–water partition coefficient (Wildman–Crippen LogP) is 2.05. The molecule has 0 saturated carbocycles. The largest absolute Gasteiger partial charge is 0.316 e. The van der Waals surface area contributed by atoms with Crippen molar-refractivity contribution < 1.29 is 0 Å². The monoisotopic (exact) mass is 245 g/mol. The Morgan fingerprint density at radius 3 is 2.83 bits per heavy atom. The summed E-state index contributed by atoms with van der Waals surface area (Å²) in [4.78, 5) is 6.72. The molecule has 2 fully saturated rings. The van der Waals surface area contributed by atoms with Crippen molar-refractivity contribution in [1.29, 1.82) is 0 Å². The van der Waals surface area contributed by atoms with Crippen LogP contribution in [0.15, 0.2) is 24.5 Å². The van der Waals surface area contributed by atoms with Gasteiger partial charge in [-0.15, -0.1) is 0 Å². The van der Waals surface area contributed by atoms with Gasteiger partial charge in [0.25, 0.3) is 0 Å². The maximum atomic E-state index is 4.09. The van der Waals surface area contributed by atoms with Crippen LogP contribution in [-0.2, 0) is 6.54 Å². The molecule has 0 aliphatic carbocycles. The maximum Gasteiger partial charge on any atom is 0.0271 e. The van der Waals surface area contributed by atoms with E-state index in [2.05, 4.69) is 27.3 Å². The fraction of sp³-hybridized carbons (Fsp3) is 0.667. The van der Waals surface area contributed by atoms with Crippen LogP contribution in [0.25, 0.3) is 0 Å². The van der Waals surface area contributed by atoms with E-state index in [0.717, 1.165) is 6.54 Å². The Hall–Kier alpha value is -0.930. The number of nitrogens with one attached hydrogen (secondary N) is 1. The second-order valence-corrected chi connectivity index (χ2v) is 5.95. The minimum absolute atomic E-state index is 0.559. The van der Waals surface area contributed by atoms with Gasteiger partial charge in [0.05, 0.1) is 0 Å². The quantitative estimate of drug-likeness (QED) is 0.864. The van der Waals surface area contributed by atoms with Crippen LogP contribution in [0.1, 0.15) is 31.2 Å². The molecule has 1 spiro atoms. The molecular weight excluding hydrogens is 222 g/mol. The van der Waals surface area contributed by atoms with Crippen molar-refractivity contribution >= 4 is 0 Å². The molecule has 1 aromatic heterocycles. The lowest BCUT2D eigenvalue weighted by atomic mass is 9.74. The molecule has 1 atom stereocenters. The lowest BCUT2D eigenvalue weighted by Crippen LogP contribution is -2.50. The number of pyridine rings is 1. The average molecular weight is 245 g/mol. The summed E-state index contributed by atoms with van der Waals surface area (Å²) >= 11 is 0. The molecule has 2 aliphatic heterocycles. The smallest absolute Gasteiger partial charge is 0.0271 e. The maximum absolute atomic E-state index is 4.09. The van der Waals surface area contributed by atoms with Gasteiger partial charge < -0.3 is 5.32 Å². The first-order chi connectivity index (χ1) is 8.86. The summed E-state index contributed by atoms with van der Waals surface area (Å²) in [6.07, 6.45) is 9.32. The van der Waals surface area contributed by atoms with Gasteiger partial charge in [0.1, 0.15) is 0 Å². The van der Waals surface area contributed by atoms with Gasteiger partial charge in [0, 0.05) is 32.0 Å². The molecule has 98 valence electrons. The van der Waals surface area contributed by atoms with E-state index in [9.17, 15) is 0 Å². The van der Waals surface area contributed by atoms with E-state index in [0.29, 0.717) is 5.41 Å². The Kier molecular flexibility index (Phi) is 3.62. The molecule has 0 aromatic carbocycles. The van der Waals surface area contributed by atoms with Gasteiger partial charge in [-0.1, -0.05) is 0 Å². The van der Waals surface area contributed by atoms with E-state index in [4.69, 9.17) is 0 Å². The number of aromatic nitrogens is 1. The fourth-order valence-corrected chi connectivity index (χ4v) is 3.57.